The summed E-state index contributed by atoms with van der Waals surface area (Å²) in [6.45, 7) is 5.41. The van der Waals surface area contributed by atoms with Gasteiger partial charge in [0.1, 0.15) is 6.04 Å². The maximum atomic E-state index is 10.2. The third-order valence-corrected chi connectivity index (χ3v) is 1.35. The third kappa shape index (κ3) is 3.25. The van der Waals surface area contributed by atoms with Crippen molar-refractivity contribution in [3.8, 4) is 0 Å². The summed E-state index contributed by atoms with van der Waals surface area (Å²) in [4.78, 5) is 10.2. The molecule has 0 aliphatic heterocycles. The summed E-state index contributed by atoms with van der Waals surface area (Å²) in [5, 5.41) is 8.37. The predicted molar refractivity (Wildman–Crippen MR) is 39.6 cm³/mol. The minimum Gasteiger partial charge on any atom is -0.480 e. The highest BCUT2D eigenvalue weighted by Crippen LogP contribution is 2.04. The molecule has 3 N–H and O–H groups in total. The Morgan fingerprint density at radius 3 is 2.70 bits per heavy atom. The summed E-state index contributed by atoms with van der Waals surface area (Å²) >= 11 is 0. The molecule has 0 bridgehead atoms. The highest BCUT2D eigenvalue weighted by Gasteiger charge is 2.12. The topological polar surface area (TPSA) is 63.3 Å². The Bertz CT molecular complexity index is 134. The standard InChI is InChI=1S/C7H13NO2/c1-3-5(2)4-6(8)7(9)10/h3,5-6H,1,4,8H2,2H3,(H,9,10)/t5-,6+/m1/s1. The van der Waals surface area contributed by atoms with Gasteiger partial charge < -0.3 is 10.8 Å². The summed E-state index contributed by atoms with van der Waals surface area (Å²) in [7, 11) is 0. The lowest BCUT2D eigenvalue weighted by atomic mass is 10.0. The van der Waals surface area contributed by atoms with Crippen LogP contribution in [-0.4, -0.2) is 17.1 Å². The Balaban J connectivity index is 3.67. The average molecular weight is 143 g/mol. The van der Waals surface area contributed by atoms with Gasteiger partial charge >= 0.3 is 5.97 Å². The lowest BCUT2D eigenvalue weighted by Gasteiger charge is -2.08. The van der Waals surface area contributed by atoms with Crippen molar-refractivity contribution in [2.24, 2.45) is 11.7 Å². The first-order chi connectivity index (χ1) is 4.57. The van der Waals surface area contributed by atoms with Crippen LogP contribution in [0, 0.1) is 5.92 Å². The van der Waals surface area contributed by atoms with Crippen LogP contribution in [-0.2, 0) is 4.79 Å². The maximum Gasteiger partial charge on any atom is 0.320 e. The van der Waals surface area contributed by atoms with Crippen LogP contribution in [0.3, 0.4) is 0 Å². The molecule has 10 heavy (non-hydrogen) atoms. The van der Waals surface area contributed by atoms with E-state index in [2.05, 4.69) is 6.58 Å². The predicted octanol–water partition coefficient (Wildman–Crippen LogP) is 0.611. The molecule has 0 saturated heterocycles. The number of nitrogens with two attached hydrogens (primary N) is 1. The molecule has 2 atom stereocenters. The van der Waals surface area contributed by atoms with Gasteiger partial charge in [-0.3, -0.25) is 4.79 Å². The normalized spacial score (nSPS) is 15.8. The molecule has 0 radical (unpaired) electrons. The molecule has 0 aromatic carbocycles. The summed E-state index contributed by atoms with van der Waals surface area (Å²) < 4.78 is 0. The van der Waals surface area contributed by atoms with Crippen LogP contribution in [0.2, 0.25) is 0 Å². The number of carbonyl (C=O) groups is 1. The van der Waals surface area contributed by atoms with Crippen LogP contribution < -0.4 is 5.73 Å². The molecule has 0 aromatic heterocycles. The fraction of sp³-hybridized carbons (Fsp3) is 0.571. The molecule has 0 aliphatic rings. The number of carboxylic acids is 1. The average Bonchev–Trinajstić information content (AvgIpc) is 1.87. The fourth-order valence-corrected chi connectivity index (χ4v) is 0.598. The fourth-order valence-electron chi connectivity index (χ4n) is 0.598. The number of hydrogen-bond donors (Lipinski definition) is 2. The molecular formula is C7H13NO2. The van der Waals surface area contributed by atoms with E-state index >= 15 is 0 Å². The number of rotatable bonds is 4. The zero-order valence-corrected chi connectivity index (χ0v) is 6.08. The van der Waals surface area contributed by atoms with Crippen molar-refractivity contribution >= 4 is 5.97 Å². The highest BCUT2D eigenvalue weighted by atomic mass is 16.4. The molecule has 3 heteroatoms. The van der Waals surface area contributed by atoms with E-state index in [1.54, 1.807) is 6.08 Å². The van der Waals surface area contributed by atoms with E-state index < -0.39 is 12.0 Å². The van der Waals surface area contributed by atoms with Crippen LogP contribution in [0.5, 0.6) is 0 Å². The first kappa shape index (κ1) is 9.17. The van der Waals surface area contributed by atoms with E-state index in [0.29, 0.717) is 6.42 Å². The molecule has 0 fully saturated rings. The van der Waals surface area contributed by atoms with E-state index in [1.165, 1.54) is 0 Å². The zero-order valence-electron chi connectivity index (χ0n) is 6.08. The van der Waals surface area contributed by atoms with Gasteiger partial charge in [-0.25, -0.2) is 0 Å². The molecule has 0 saturated carbocycles. The Kier molecular flexibility index (Phi) is 3.72. The maximum absolute atomic E-state index is 10.2. The monoisotopic (exact) mass is 143 g/mol. The summed E-state index contributed by atoms with van der Waals surface area (Å²) in [6, 6.07) is -0.756. The van der Waals surface area contributed by atoms with Gasteiger partial charge in [0.2, 0.25) is 0 Å². The third-order valence-electron chi connectivity index (χ3n) is 1.35. The van der Waals surface area contributed by atoms with E-state index in [-0.39, 0.29) is 5.92 Å². The highest BCUT2D eigenvalue weighted by molar-refractivity contribution is 5.73. The summed E-state index contributed by atoms with van der Waals surface area (Å²) in [5.74, 6) is -0.778. The lowest BCUT2D eigenvalue weighted by Crippen LogP contribution is -2.31. The van der Waals surface area contributed by atoms with Crippen LogP contribution in [0.15, 0.2) is 12.7 Å². The van der Waals surface area contributed by atoms with Crippen molar-refractivity contribution in [2.75, 3.05) is 0 Å². The second-order valence-corrected chi connectivity index (χ2v) is 2.39. The summed E-state index contributed by atoms with van der Waals surface area (Å²) in [6.07, 6.45) is 2.15. The van der Waals surface area contributed by atoms with Crippen molar-refractivity contribution in [2.45, 2.75) is 19.4 Å². The van der Waals surface area contributed by atoms with Gasteiger partial charge in [-0.1, -0.05) is 13.0 Å². The van der Waals surface area contributed by atoms with Crippen molar-refractivity contribution in [3.63, 3.8) is 0 Å². The van der Waals surface area contributed by atoms with Crippen molar-refractivity contribution < 1.29 is 9.90 Å². The smallest absolute Gasteiger partial charge is 0.320 e. The molecule has 3 nitrogen and oxygen atoms in total. The number of carboxylic acid groups (broad SMARTS) is 1. The Labute approximate surface area is 60.5 Å². The minimum atomic E-state index is -0.950. The second-order valence-electron chi connectivity index (χ2n) is 2.39. The van der Waals surface area contributed by atoms with Gasteiger partial charge in [0.25, 0.3) is 0 Å². The first-order valence-corrected chi connectivity index (χ1v) is 3.19. The molecule has 0 aliphatic carbocycles. The van der Waals surface area contributed by atoms with Gasteiger partial charge in [0.15, 0.2) is 0 Å². The van der Waals surface area contributed by atoms with Gasteiger partial charge in [-0.15, -0.1) is 6.58 Å². The van der Waals surface area contributed by atoms with Gasteiger partial charge in [0.05, 0.1) is 0 Å². The Morgan fingerprint density at radius 2 is 2.40 bits per heavy atom. The molecule has 0 amide bonds. The second kappa shape index (κ2) is 4.06. The van der Waals surface area contributed by atoms with Gasteiger partial charge in [-0.05, 0) is 12.3 Å². The van der Waals surface area contributed by atoms with Crippen molar-refractivity contribution in [1.29, 1.82) is 0 Å². The van der Waals surface area contributed by atoms with Crippen LogP contribution in [0.25, 0.3) is 0 Å². The summed E-state index contributed by atoms with van der Waals surface area (Å²) in [5.41, 5.74) is 5.25. The Morgan fingerprint density at radius 1 is 1.90 bits per heavy atom. The van der Waals surface area contributed by atoms with Gasteiger partial charge in [-0.2, -0.15) is 0 Å². The van der Waals surface area contributed by atoms with Crippen LogP contribution in [0.1, 0.15) is 13.3 Å². The molecular weight excluding hydrogens is 130 g/mol. The Hall–Kier alpha value is -0.830. The van der Waals surface area contributed by atoms with E-state index in [4.69, 9.17) is 10.8 Å². The van der Waals surface area contributed by atoms with Crippen molar-refractivity contribution in [3.05, 3.63) is 12.7 Å². The van der Waals surface area contributed by atoms with Crippen LogP contribution in [0.4, 0.5) is 0 Å². The molecule has 0 spiro atoms. The molecule has 0 unspecified atom stereocenters. The number of hydrogen-bond acceptors (Lipinski definition) is 2. The van der Waals surface area contributed by atoms with E-state index in [0.717, 1.165) is 0 Å². The zero-order chi connectivity index (χ0) is 8.15. The van der Waals surface area contributed by atoms with Crippen molar-refractivity contribution in [1.82, 2.24) is 0 Å². The molecule has 58 valence electrons. The largest absolute Gasteiger partial charge is 0.480 e. The number of allylic oxidation sites excluding steroid dienone is 1. The minimum absolute atomic E-state index is 0.172. The quantitative estimate of drug-likeness (QED) is 0.567. The van der Waals surface area contributed by atoms with Gasteiger partial charge in [0, 0.05) is 0 Å². The lowest BCUT2D eigenvalue weighted by molar-refractivity contribution is -0.138. The molecule has 0 heterocycles. The molecule has 0 rings (SSSR count). The first-order valence-electron chi connectivity index (χ1n) is 3.19. The number of aliphatic carboxylic acids is 1. The van der Waals surface area contributed by atoms with E-state index in [1.807, 2.05) is 6.92 Å². The van der Waals surface area contributed by atoms with Crippen LogP contribution >= 0.6 is 0 Å². The van der Waals surface area contributed by atoms with E-state index in [9.17, 15) is 4.79 Å². The SMILES string of the molecule is C=C[C@@H](C)C[C@H](N)C(=O)O. The molecule has 0 aromatic rings.